The highest BCUT2D eigenvalue weighted by molar-refractivity contribution is 6.01. The Balaban J connectivity index is 2.22. The van der Waals surface area contributed by atoms with Crippen molar-refractivity contribution in [2.45, 2.75) is 12.7 Å². The van der Waals surface area contributed by atoms with Crippen molar-refractivity contribution >= 4 is 5.71 Å². The Morgan fingerprint density at radius 3 is 2.67 bits per heavy atom. The normalized spacial score (nSPS) is 21.8. The molecule has 0 amide bonds. The zero-order valence-electron chi connectivity index (χ0n) is 6.47. The molecule has 1 aliphatic rings. The van der Waals surface area contributed by atoms with Crippen molar-refractivity contribution in [3.63, 3.8) is 0 Å². The SMILES string of the molecule is OC1CC(c2ccccc2)=NO1. The van der Waals surface area contributed by atoms with Gasteiger partial charge in [0.25, 0.3) is 0 Å². The van der Waals surface area contributed by atoms with Gasteiger partial charge in [-0.25, -0.2) is 0 Å². The Kier molecular flexibility index (Phi) is 1.80. The summed E-state index contributed by atoms with van der Waals surface area (Å²) in [5.41, 5.74) is 1.82. The van der Waals surface area contributed by atoms with E-state index < -0.39 is 6.29 Å². The number of hydrogen-bond donors (Lipinski definition) is 1. The lowest BCUT2D eigenvalue weighted by Crippen LogP contribution is -2.05. The fraction of sp³-hybridized carbons (Fsp3) is 0.222. The van der Waals surface area contributed by atoms with E-state index in [0.717, 1.165) is 11.3 Å². The van der Waals surface area contributed by atoms with Crippen molar-refractivity contribution in [1.82, 2.24) is 0 Å². The average molecular weight is 163 g/mol. The number of oxime groups is 1. The zero-order chi connectivity index (χ0) is 8.39. The molecule has 2 rings (SSSR count). The molecule has 12 heavy (non-hydrogen) atoms. The first-order valence-corrected chi connectivity index (χ1v) is 3.82. The van der Waals surface area contributed by atoms with Gasteiger partial charge in [0.2, 0.25) is 6.29 Å². The Labute approximate surface area is 70.3 Å². The van der Waals surface area contributed by atoms with Gasteiger partial charge in [0.1, 0.15) is 0 Å². The van der Waals surface area contributed by atoms with Crippen LogP contribution < -0.4 is 0 Å². The Morgan fingerprint density at radius 2 is 2.08 bits per heavy atom. The van der Waals surface area contributed by atoms with Gasteiger partial charge in [0.15, 0.2) is 0 Å². The van der Waals surface area contributed by atoms with E-state index in [2.05, 4.69) is 9.99 Å². The summed E-state index contributed by atoms with van der Waals surface area (Å²) in [5.74, 6) is 0. The van der Waals surface area contributed by atoms with Crippen LogP contribution in [0.2, 0.25) is 0 Å². The lowest BCUT2D eigenvalue weighted by molar-refractivity contribution is -0.0762. The summed E-state index contributed by atoms with van der Waals surface area (Å²) in [6.07, 6.45) is -0.287. The highest BCUT2D eigenvalue weighted by Crippen LogP contribution is 2.13. The summed E-state index contributed by atoms with van der Waals surface area (Å²) in [4.78, 5) is 4.66. The maximum absolute atomic E-state index is 9.02. The van der Waals surface area contributed by atoms with E-state index in [4.69, 9.17) is 5.11 Å². The number of aliphatic hydroxyl groups is 1. The lowest BCUT2D eigenvalue weighted by atomic mass is 10.1. The van der Waals surface area contributed by atoms with Gasteiger partial charge >= 0.3 is 0 Å². The number of aliphatic hydroxyl groups excluding tert-OH is 1. The molecule has 3 nitrogen and oxygen atoms in total. The smallest absolute Gasteiger partial charge is 0.230 e. The summed E-state index contributed by atoms with van der Waals surface area (Å²) in [6, 6.07) is 9.70. The van der Waals surface area contributed by atoms with Gasteiger partial charge in [-0.1, -0.05) is 35.5 Å². The van der Waals surface area contributed by atoms with Crippen molar-refractivity contribution in [2.24, 2.45) is 5.16 Å². The van der Waals surface area contributed by atoms with E-state index >= 15 is 0 Å². The van der Waals surface area contributed by atoms with Crippen LogP contribution in [0.5, 0.6) is 0 Å². The van der Waals surface area contributed by atoms with E-state index in [1.165, 1.54) is 0 Å². The molecule has 1 aromatic rings. The molecule has 0 saturated heterocycles. The average Bonchev–Trinajstić information content (AvgIpc) is 2.54. The molecule has 1 atom stereocenters. The molecule has 0 saturated carbocycles. The molecule has 1 unspecified atom stereocenters. The third-order valence-corrected chi connectivity index (χ3v) is 1.76. The molecule has 0 aromatic heterocycles. The van der Waals surface area contributed by atoms with Crippen LogP contribution in [0.4, 0.5) is 0 Å². The maximum atomic E-state index is 9.02. The summed E-state index contributed by atoms with van der Waals surface area (Å²) >= 11 is 0. The predicted molar refractivity (Wildman–Crippen MR) is 44.7 cm³/mol. The number of rotatable bonds is 1. The molecule has 0 bridgehead atoms. The molecule has 0 spiro atoms. The first kappa shape index (κ1) is 7.31. The van der Waals surface area contributed by atoms with Crippen LogP contribution in [0.3, 0.4) is 0 Å². The van der Waals surface area contributed by atoms with E-state index in [-0.39, 0.29) is 0 Å². The minimum absolute atomic E-state index is 0.476. The van der Waals surface area contributed by atoms with Crippen LogP contribution in [-0.2, 0) is 4.84 Å². The monoisotopic (exact) mass is 163 g/mol. The van der Waals surface area contributed by atoms with E-state index in [1.807, 2.05) is 30.3 Å². The van der Waals surface area contributed by atoms with Crippen molar-refractivity contribution in [3.05, 3.63) is 35.9 Å². The van der Waals surface area contributed by atoms with E-state index in [1.54, 1.807) is 0 Å². The van der Waals surface area contributed by atoms with E-state index in [9.17, 15) is 0 Å². The summed E-state index contributed by atoms with van der Waals surface area (Å²) in [5, 5.41) is 12.8. The third-order valence-electron chi connectivity index (χ3n) is 1.76. The number of benzene rings is 1. The van der Waals surface area contributed by atoms with Crippen molar-refractivity contribution in [1.29, 1.82) is 0 Å². The van der Waals surface area contributed by atoms with Gasteiger partial charge in [-0.05, 0) is 5.56 Å². The predicted octanol–water partition coefficient (Wildman–Crippen LogP) is 1.13. The van der Waals surface area contributed by atoms with Crippen molar-refractivity contribution in [2.75, 3.05) is 0 Å². The summed E-state index contributed by atoms with van der Waals surface area (Å²) in [6.45, 7) is 0. The Bertz CT molecular complexity index is 295. The van der Waals surface area contributed by atoms with Crippen LogP contribution in [-0.4, -0.2) is 17.1 Å². The lowest BCUT2D eigenvalue weighted by Gasteiger charge is -1.96. The second-order valence-corrected chi connectivity index (χ2v) is 2.67. The highest BCUT2D eigenvalue weighted by Gasteiger charge is 2.18. The highest BCUT2D eigenvalue weighted by atomic mass is 16.7. The first-order chi connectivity index (χ1) is 5.86. The first-order valence-electron chi connectivity index (χ1n) is 3.82. The minimum atomic E-state index is -0.764. The second kappa shape index (κ2) is 2.95. The summed E-state index contributed by atoms with van der Waals surface area (Å²) < 4.78 is 0. The zero-order valence-corrected chi connectivity index (χ0v) is 6.47. The molecule has 1 aromatic carbocycles. The number of nitrogens with zero attached hydrogens (tertiary/aromatic N) is 1. The van der Waals surface area contributed by atoms with Gasteiger partial charge in [0, 0.05) is 0 Å². The summed E-state index contributed by atoms with van der Waals surface area (Å²) in [7, 11) is 0. The van der Waals surface area contributed by atoms with Crippen LogP contribution in [0, 0.1) is 0 Å². The van der Waals surface area contributed by atoms with Gasteiger partial charge in [-0.3, -0.25) is 0 Å². The fourth-order valence-electron chi connectivity index (χ4n) is 1.17. The quantitative estimate of drug-likeness (QED) is 0.674. The number of hydrogen-bond acceptors (Lipinski definition) is 3. The molecule has 1 heterocycles. The maximum Gasteiger partial charge on any atom is 0.230 e. The van der Waals surface area contributed by atoms with Crippen molar-refractivity contribution in [3.8, 4) is 0 Å². The van der Waals surface area contributed by atoms with Crippen LogP contribution in [0.25, 0.3) is 0 Å². The van der Waals surface area contributed by atoms with Crippen LogP contribution in [0.1, 0.15) is 12.0 Å². The third kappa shape index (κ3) is 1.31. The molecular weight excluding hydrogens is 154 g/mol. The van der Waals surface area contributed by atoms with Gasteiger partial charge in [-0.15, -0.1) is 0 Å². The topological polar surface area (TPSA) is 41.8 Å². The van der Waals surface area contributed by atoms with Gasteiger partial charge in [-0.2, -0.15) is 0 Å². The molecule has 62 valence electrons. The van der Waals surface area contributed by atoms with Gasteiger partial charge in [0.05, 0.1) is 12.1 Å². The second-order valence-electron chi connectivity index (χ2n) is 2.67. The largest absolute Gasteiger partial charge is 0.363 e. The van der Waals surface area contributed by atoms with Gasteiger partial charge < -0.3 is 9.94 Å². The Morgan fingerprint density at radius 1 is 1.33 bits per heavy atom. The standard InChI is InChI=1S/C9H9NO2/c11-9-6-8(10-12-9)7-4-2-1-3-5-7/h1-5,9,11H,6H2. The molecular formula is C9H9NO2. The molecule has 1 aliphatic heterocycles. The van der Waals surface area contributed by atoms with Crippen LogP contribution >= 0.6 is 0 Å². The molecule has 0 aliphatic carbocycles. The van der Waals surface area contributed by atoms with Crippen molar-refractivity contribution < 1.29 is 9.94 Å². The fourth-order valence-corrected chi connectivity index (χ4v) is 1.17. The molecule has 0 radical (unpaired) electrons. The molecule has 3 heteroatoms. The van der Waals surface area contributed by atoms with E-state index in [0.29, 0.717) is 6.42 Å². The minimum Gasteiger partial charge on any atom is -0.363 e. The molecule has 0 fully saturated rings. The Hall–Kier alpha value is -1.35. The van der Waals surface area contributed by atoms with Crippen LogP contribution in [0.15, 0.2) is 35.5 Å². The molecule has 1 N–H and O–H groups in total.